The molecule has 4 heteroatoms. The van der Waals surface area contributed by atoms with E-state index in [1.54, 1.807) is 0 Å². The second-order valence-electron chi connectivity index (χ2n) is 5.65. The van der Waals surface area contributed by atoms with E-state index in [1.165, 1.54) is 31.2 Å². The minimum absolute atomic E-state index is 0.274. The Hall–Kier alpha value is -0.0600. The van der Waals surface area contributed by atoms with Crippen LogP contribution in [-0.4, -0.2) is 11.7 Å². The highest BCUT2D eigenvalue weighted by molar-refractivity contribution is 9.11. The van der Waals surface area contributed by atoms with Crippen LogP contribution in [-0.2, 0) is 6.54 Å². The lowest BCUT2D eigenvalue weighted by Gasteiger charge is -2.15. The van der Waals surface area contributed by atoms with Crippen LogP contribution in [0.1, 0.15) is 31.2 Å². The van der Waals surface area contributed by atoms with Gasteiger partial charge in [-0.1, -0.05) is 0 Å². The van der Waals surface area contributed by atoms with Gasteiger partial charge in [-0.15, -0.1) is 0 Å². The fourth-order valence-corrected chi connectivity index (χ4v) is 4.04. The highest BCUT2D eigenvalue weighted by Gasteiger charge is 2.53. The van der Waals surface area contributed by atoms with E-state index in [9.17, 15) is 5.11 Å². The smallest absolute Gasteiger partial charge is 0.143 e. The monoisotopic (exact) mass is 373 g/mol. The van der Waals surface area contributed by atoms with Crippen LogP contribution in [0.25, 0.3) is 0 Å². The van der Waals surface area contributed by atoms with E-state index in [0.29, 0.717) is 5.41 Å². The fraction of sp³-hybridized carbons (Fsp3) is 0.571. The molecule has 0 aliphatic heterocycles. The Balaban J connectivity index is 1.57. The van der Waals surface area contributed by atoms with Gasteiger partial charge in [0.2, 0.25) is 0 Å². The molecule has 2 fully saturated rings. The molecule has 1 aromatic rings. The van der Waals surface area contributed by atoms with Crippen molar-refractivity contribution in [2.45, 2.75) is 32.2 Å². The van der Waals surface area contributed by atoms with E-state index in [0.717, 1.165) is 28.0 Å². The molecule has 2 saturated carbocycles. The Kier molecular flexibility index (Phi) is 3.45. The van der Waals surface area contributed by atoms with Crippen LogP contribution in [0.4, 0.5) is 0 Å². The summed E-state index contributed by atoms with van der Waals surface area (Å²) in [4.78, 5) is 0. The van der Waals surface area contributed by atoms with Crippen LogP contribution in [0.3, 0.4) is 0 Å². The van der Waals surface area contributed by atoms with Crippen molar-refractivity contribution in [2.24, 2.45) is 11.3 Å². The predicted molar refractivity (Wildman–Crippen MR) is 79.6 cm³/mol. The summed E-state index contributed by atoms with van der Waals surface area (Å²) < 4.78 is 1.49. The van der Waals surface area contributed by atoms with Gasteiger partial charge in [-0.2, -0.15) is 0 Å². The zero-order valence-electron chi connectivity index (χ0n) is 10.2. The van der Waals surface area contributed by atoms with E-state index in [-0.39, 0.29) is 5.75 Å². The Labute approximate surface area is 124 Å². The number of aromatic hydroxyl groups is 1. The van der Waals surface area contributed by atoms with Crippen molar-refractivity contribution in [3.05, 3.63) is 26.6 Å². The maximum absolute atomic E-state index is 9.66. The number of benzene rings is 1. The first-order chi connectivity index (χ1) is 8.61. The SMILES string of the molecule is Oc1c(Br)cc(CNCC2(C3CC3)CC2)cc1Br. The van der Waals surface area contributed by atoms with Gasteiger partial charge in [-0.05, 0) is 86.6 Å². The average Bonchev–Trinajstić information content (AvgIpc) is 3.16. The first-order valence-corrected chi connectivity index (χ1v) is 8.07. The van der Waals surface area contributed by atoms with Gasteiger partial charge in [-0.3, -0.25) is 0 Å². The summed E-state index contributed by atoms with van der Waals surface area (Å²) in [6.07, 6.45) is 5.71. The minimum atomic E-state index is 0.274. The number of hydrogen-bond acceptors (Lipinski definition) is 2. The number of rotatable bonds is 5. The maximum atomic E-state index is 9.66. The van der Waals surface area contributed by atoms with Crippen molar-refractivity contribution in [1.82, 2.24) is 5.32 Å². The standard InChI is InChI=1S/C14H17Br2NO/c15-11-5-9(6-12(16)13(11)18)7-17-8-14(3-4-14)10-1-2-10/h5-6,10,17-18H,1-4,7-8H2. The van der Waals surface area contributed by atoms with Gasteiger partial charge in [0, 0.05) is 13.1 Å². The Morgan fingerprint density at radius 1 is 1.22 bits per heavy atom. The molecule has 2 N–H and O–H groups in total. The number of phenolic OH excluding ortho intramolecular Hbond substituents is 1. The molecule has 18 heavy (non-hydrogen) atoms. The molecule has 0 aromatic heterocycles. The first-order valence-electron chi connectivity index (χ1n) is 6.48. The van der Waals surface area contributed by atoms with Crippen LogP contribution < -0.4 is 5.32 Å². The number of phenols is 1. The third kappa shape index (κ3) is 2.61. The number of nitrogens with one attached hydrogen (secondary N) is 1. The molecule has 0 saturated heterocycles. The maximum Gasteiger partial charge on any atom is 0.143 e. The summed E-state index contributed by atoms with van der Waals surface area (Å²) in [5.74, 6) is 1.28. The molecule has 2 aliphatic rings. The third-order valence-corrected chi connectivity index (χ3v) is 5.43. The van der Waals surface area contributed by atoms with E-state index >= 15 is 0 Å². The van der Waals surface area contributed by atoms with E-state index in [4.69, 9.17) is 0 Å². The summed E-state index contributed by atoms with van der Waals surface area (Å²) in [5.41, 5.74) is 1.84. The van der Waals surface area contributed by atoms with Crippen molar-refractivity contribution in [3.63, 3.8) is 0 Å². The van der Waals surface area contributed by atoms with Crippen molar-refractivity contribution >= 4 is 31.9 Å². The van der Waals surface area contributed by atoms with Crippen LogP contribution in [0.2, 0.25) is 0 Å². The van der Waals surface area contributed by atoms with Gasteiger partial charge >= 0.3 is 0 Å². The molecular formula is C14H17Br2NO. The quantitative estimate of drug-likeness (QED) is 0.809. The lowest BCUT2D eigenvalue weighted by Crippen LogP contribution is -2.25. The molecule has 1 aromatic carbocycles. The van der Waals surface area contributed by atoms with Crippen molar-refractivity contribution in [2.75, 3.05) is 6.54 Å². The molecule has 2 aliphatic carbocycles. The summed E-state index contributed by atoms with van der Waals surface area (Å²) in [6.45, 7) is 2.01. The predicted octanol–water partition coefficient (Wildman–Crippen LogP) is 4.20. The molecule has 2 nitrogen and oxygen atoms in total. The van der Waals surface area contributed by atoms with Gasteiger partial charge in [-0.25, -0.2) is 0 Å². The lowest BCUT2D eigenvalue weighted by atomic mass is 10.0. The van der Waals surface area contributed by atoms with Gasteiger partial charge in [0.25, 0.3) is 0 Å². The average molecular weight is 375 g/mol. The van der Waals surface area contributed by atoms with E-state index < -0.39 is 0 Å². The zero-order chi connectivity index (χ0) is 12.8. The second-order valence-corrected chi connectivity index (χ2v) is 7.36. The molecule has 3 rings (SSSR count). The Morgan fingerprint density at radius 2 is 1.83 bits per heavy atom. The van der Waals surface area contributed by atoms with Crippen LogP contribution in [0, 0.1) is 11.3 Å². The van der Waals surface area contributed by atoms with Gasteiger partial charge < -0.3 is 10.4 Å². The molecule has 0 spiro atoms. The van der Waals surface area contributed by atoms with Crippen molar-refractivity contribution in [3.8, 4) is 5.75 Å². The van der Waals surface area contributed by atoms with E-state index in [2.05, 4.69) is 37.2 Å². The van der Waals surface area contributed by atoms with Crippen LogP contribution in [0.15, 0.2) is 21.1 Å². The highest BCUT2D eigenvalue weighted by Crippen LogP contribution is 2.60. The topological polar surface area (TPSA) is 32.3 Å². The summed E-state index contributed by atoms with van der Waals surface area (Å²) in [7, 11) is 0. The largest absolute Gasteiger partial charge is 0.506 e. The molecule has 0 unspecified atom stereocenters. The summed E-state index contributed by atoms with van der Waals surface area (Å²) in [5, 5.41) is 13.2. The zero-order valence-corrected chi connectivity index (χ0v) is 13.3. The molecule has 0 amide bonds. The molecule has 0 atom stereocenters. The first kappa shape index (κ1) is 12.9. The van der Waals surface area contributed by atoms with Crippen LogP contribution >= 0.6 is 31.9 Å². The van der Waals surface area contributed by atoms with Gasteiger partial charge in [0.15, 0.2) is 0 Å². The number of halogens is 2. The number of hydrogen-bond donors (Lipinski definition) is 2. The summed E-state index contributed by atoms with van der Waals surface area (Å²) >= 11 is 6.73. The minimum Gasteiger partial charge on any atom is -0.506 e. The van der Waals surface area contributed by atoms with Gasteiger partial charge in [0.05, 0.1) is 8.95 Å². The summed E-state index contributed by atoms with van der Waals surface area (Å²) in [6, 6.07) is 3.95. The van der Waals surface area contributed by atoms with Crippen molar-refractivity contribution in [1.29, 1.82) is 0 Å². The fourth-order valence-electron chi connectivity index (χ4n) is 2.76. The highest BCUT2D eigenvalue weighted by atomic mass is 79.9. The molecular weight excluding hydrogens is 358 g/mol. The molecule has 0 bridgehead atoms. The third-order valence-electron chi connectivity index (χ3n) is 4.22. The van der Waals surface area contributed by atoms with E-state index in [1.807, 2.05) is 12.1 Å². The molecule has 0 radical (unpaired) electrons. The normalized spacial score (nSPS) is 21.0. The van der Waals surface area contributed by atoms with Crippen LogP contribution in [0.5, 0.6) is 5.75 Å². The van der Waals surface area contributed by atoms with Crippen molar-refractivity contribution < 1.29 is 5.11 Å². The Morgan fingerprint density at radius 3 is 2.33 bits per heavy atom. The second kappa shape index (κ2) is 4.80. The lowest BCUT2D eigenvalue weighted by molar-refractivity contribution is 0.403. The molecule has 0 heterocycles. The Bertz CT molecular complexity index is 444. The molecule has 98 valence electrons. The van der Waals surface area contributed by atoms with Gasteiger partial charge in [0.1, 0.15) is 5.75 Å².